The molecule has 2 fully saturated rings. The molecule has 5 nitrogen and oxygen atoms in total. The molecule has 0 radical (unpaired) electrons. The number of carbonyl (C=O) groups excluding carboxylic acids is 1. The highest BCUT2D eigenvalue weighted by atomic mass is 19.1. The molecule has 0 atom stereocenters. The summed E-state index contributed by atoms with van der Waals surface area (Å²) < 4.78 is 40.4. The number of carbonyl (C=O) groups is 1. The second kappa shape index (κ2) is 10.3. The smallest absolute Gasteiger partial charge is 0.247 e. The highest BCUT2D eigenvalue weighted by molar-refractivity contribution is 5.93. The fourth-order valence-corrected chi connectivity index (χ4v) is 5.30. The summed E-state index contributed by atoms with van der Waals surface area (Å²) in [7, 11) is 0. The molecular formula is C28H29F3N4O. The average Bonchev–Trinajstić information content (AvgIpc) is 3.20. The summed E-state index contributed by atoms with van der Waals surface area (Å²) in [6.45, 7) is 3.37. The summed E-state index contributed by atoms with van der Waals surface area (Å²) in [6.07, 6.45) is 1.35. The molecule has 188 valence electrons. The van der Waals surface area contributed by atoms with Gasteiger partial charge in [-0.05, 0) is 72.5 Å². The molecule has 2 N–H and O–H groups in total. The minimum Gasteiger partial charge on any atom is -0.339 e. The molecule has 2 saturated heterocycles. The zero-order valence-electron chi connectivity index (χ0n) is 19.9. The summed E-state index contributed by atoms with van der Waals surface area (Å²) in [5.41, 5.74) is 2.02. The summed E-state index contributed by atoms with van der Waals surface area (Å²) in [6, 6.07) is 18.8. The maximum Gasteiger partial charge on any atom is 0.247 e. The Kier molecular flexibility index (Phi) is 6.98. The Morgan fingerprint density at radius 1 is 0.806 bits per heavy atom. The first-order valence-corrected chi connectivity index (χ1v) is 12.2. The number of likely N-dealkylation sites (tertiary alicyclic amines) is 1. The van der Waals surface area contributed by atoms with E-state index in [4.69, 9.17) is 0 Å². The minimum atomic E-state index is -0.619. The highest BCUT2D eigenvalue weighted by Gasteiger charge is 2.50. The number of amides is 1. The van der Waals surface area contributed by atoms with Crippen molar-refractivity contribution in [1.29, 1.82) is 0 Å². The quantitative estimate of drug-likeness (QED) is 0.517. The lowest BCUT2D eigenvalue weighted by Crippen LogP contribution is -2.57. The average molecular weight is 495 g/mol. The lowest BCUT2D eigenvalue weighted by atomic mass is 9.85. The van der Waals surface area contributed by atoms with Crippen LogP contribution in [0.1, 0.15) is 30.0 Å². The second-order valence-electron chi connectivity index (χ2n) is 9.43. The Labute approximate surface area is 208 Å². The third-order valence-corrected chi connectivity index (χ3v) is 7.34. The Balaban J connectivity index is 1.22. The maximum atomic E-state index is 13.5. The Hall–Kier alpha value is -3.36. The van der Waals surface area contributed by atoms with Crippen LogP contribution in [0.25, 0.3) is 0 Å². The van der Waals surface area contributed by atoms with E-state index in [1.165, 1.54) is 36.4 Å². The standard InChI is InChI=1S/C28H29F3N4O/c29-22-5-1-20(2-6-22)26(21-3-7-23(30)8-4-21)32-15-18-34-16-13-28(14-17-34)27(36)33-19-35(28)25-11-9-24(31)10-12-25/h1-12,26,32H,13-19H2,(H,33,36). The van der Waals surface area contributed by atoms with Gasteiger partial charge in [-0.1, -0.05) is 24.3 Å². The summed E-state index contributed by atoms with van der Waals surface area (Å²) in [4.78, 5) is 17.2. The van der Waals surface area contributed by atoms with E-state index >= 15 is 0 Å². The molecule has 0 aliphatic carbocycles. The molecule has 2 aliphatic heterocycles. The Bertz CT molecular complexity index is 1130. The summed E-state index contributed by atoms with van der Waals surface area (Å²) in [5, 5.41) is 6.51. The van der Waals surface area contributed by atoms with E-state index in [0.717, 1.165) is 36.4 Å². The summed E-state index contributed by atoms with van der Waals surface area (Å²) in [5.74, 6) is -0.876. The number of hydrogen-bond acceptors (Lipinski definition) is 4. The molecule has 5 rings (SSSR count). The molecule has 3 aromatic carbocycles. The van der Waals surface area contributed by atoms with Crippen molar-refractivity contribution < 1.29 is 18.0 Å². The van der Waals surface area contributed by atoms with Gasteiger partial charge in [0, 0.05) is 31.9 Å². The van der Waals surface area contributed by atoms with Crippen molar-refractivity contribution in [1.82, 2.24) is 15.5 Å². The maximum absolute atomic E-state index is 13.5. The number of anilines is 1. The van der Waals surface area contributed by atoms with Crippen molar-refractivity contribution in [2.24, 2.45) is 0 Å². The van der Waals surface area contributed by atoms with Crippen LogP contribution in [0.15, 0.2) is 72.8 Å². The lowest BCUT2D eigenvalue weighted by Gasteiger charge is -2.43. The van der Waals surface area contributed by atoms with Crippen molar-refractivity contribution in [3.8, 4) is 0 Å². The predicted molar refractivity (Wildman–Crippen MR) is 133 cm³/mol. The number of hydrogen-bond donors (Lipinski definition) is 2. The molecule has 2 heterocycles. The number of piperidine rings is 1. The molecule has 1 amide bonds. The van der Waals surface area contributed by atoms with Crippen LogP contribution < -0.4 is 15.5 Å². The molecule has 0 unspecified atom stereocenters. The van der Waals surface area contributed by atoms with Gasteiger partial charge >= 0.3 is 0 Å². The van der Waals surface area contributed by atoms with Gasteiger partial charge in [-0.15, -0.1) is 0 Å². The van der Waals surface area contributed by atoms with Crippen LogP contribution in [0.4, 0.5) is 18.9 Å². The van der Waals surface area contributed by atoms with Crippen LogP contribution in [0.3, 0.4) is 0 Å². The predicted octanol–water partition coefficient (Wildman–Crippen LogP) is 4.21. The zero-order chi connectivity index (χ0) is 25.1. The third kappa shape index (κ3) is 4.96. The molecule has 0 bridgehead atoms. The first-order chi connectivity index (χ1) is 17.4. The van der Waals surface area contributed by atoms with Crippen LogP contribution >= 0.6 is 0 Å². The number of benzene rings is 3. The minimum absolute atomic E-state index is 0.0253. The van der Waals surface area contributed by atoms with E-state index in [2.05, 4.69) is 20.4 Å². The molecule has 0 aromatic heterocycles. The SMILES string of the molecule is O=C1NCN(c2ccc(F)cc2)C12CCN(CCNC(c1ccc(F)cc1)c1ccc(F)cc1)CC2. The largest absolute Gasteiger partial charge is 0.339 e. The van der Waals surface area contributed by atoms with E-state index < -0.39 is 5.54 Å². The van der Waals surface area contributed by atoms with Gasteiger partial charge in [0.25, 0.3) is 0 Å². The fourth-order valence-electron chi connectivity index (χ4n) is 5.30. The van der Waals surface area contributed by atoms with Gasteiger partial charge < -0.3 is 20.4 Å². The first-order valence-electron chi connectivity index (χ1n) is 12.2. The van der Waals surface area contributed by atoms with Crippen LogP contribution in [0.5, 0.6) is 0 Å². The molecule has 2 aliphatic rings. The number of nitrogens with one attached hydrogen (secondary N) is 2. The monoisotopic (exact) mass is 494 g/mol. The van der Waals surface area contributed by atoms with Crippen molar-refractivity contribution in [2.45, 2.75) is 24.4 Å². The van der Waals surface area contributed by atoms with Gasteiger partial charge in [0.05, 0.1) is 12.7 Å². The number of rotatable bonds is 7. The lowest BCUT2D eigenvalue weighted by molar-refractivity contribution is -0.125. The molecular weight excluding hydrogens is 465 g/mol. The molecule has 0 saturated carbocycles. The molecule has 36 heavy (non-hydrogen) atoms. The topological polar surface area (TPSA) is 47.6 Å². The fraction of sp³-hybridized carbons (Fsp3) is 0.321. The van der Waals surface area contributed by atoms with E-state index in [9.17, 15) is 18.0 Å². The number of nitrogens with zero attached hydrogens (tertiary/aromatic N) is 2. The van der Waals surface area contributed by atoms with Crippen LogP contribution in [-0.2, 0) is 4.79 Å². The van der Waals surface area contributed by atoms with Crippen molar-refractivity contribution >= 4 is 11.6 Å². The van der Waals surface area contributed by atoms with Gasteiger partial charge in [0.15, 0.2) is 0 Å². The van der Waals surface area contributed by atoms with Crippen LogP contribution in [-0.4, -0.2) is 49.2 Å². The van der Waals surface area contributed by atoms with Gasteiger partial charge in [0.2, 0.25) is 5.91 Å². The van der Waals surface area contributed by atoms with Crippen molar-refractivity contribution in [2.75, 3.05) is 37.7 Å². The Morgan fingerprint density at radius 3 is 1.83 bits per heavy atom. The van der Waals surface area contributed by atoms with E-state index in [-0.39, 0.29) is 29.4 Å². The van der Waals surface area contributed by atoms with Crippen molar-refractivity contribution in [3.63, 3.8) is 0 Å². The van der Waals surface area contributed by atoms with Gasteiger partial charge in [-0.2, -0.15) is 0 Å². The third-order valence-electron chi connectivity index (χ3n) is 7.34. The van der Waals surface area contributed by atoms with Crippen LogP contribution in [0.2, 0.25) is 0 Å². The second-order valence-corrected chi connectivity index (χ2v) is 9.43. The van der Waals surface area contributed by atoms with Crippen LogP contribution in [0, 0.1) is 17.5 Å². The van der Waals surface area contributed by atoms with Gasteiger partial charge in [-0.25, -0.2) is 13.2 Å². The zero-order valence-corrected chi connectivity index (χ0v) is 19.9. The van der Waals surface area contributed by atoms with E-state index in [1.54, 1.807) is 36.4 Å². The highest BCUT2D eigenvalue weighted by Crippen LogP contribution is 2.36. The Morgan fingerprint density at radius 2 is 1.31 bits per heavy atom. The molecule has 8 heteroatoms. The van der Waals surface area contributed by atoms with E-state index in [0.29, 0.717) is 26.1 Å². The number of halogens is 3. The van der Waals surface area contributed by atoms with E-state index in [1.807, 2.05) is 0 Å². The van der Waals surface area contributed by atoms with Crippen molar-refractivity contribution in [3.05, 3.63) is 101 Å². The molecule has 3 aromatic rings. The van der Waals surface area contributed by atoms with Gasteiger partial charge in [-0.3, -0.25) is 4.79 Å². The van der Waals surface area contributed by atoms with Gasteiger partial charge in [0.1, 0.15) is 23.0 Å². The normalized spacial score (nSPS) is 17.7. The summed E-state index contributed by atoms with van der Waals surface area (Å²) >= 11 is 0. The molecule has 1 spiro atoms. The first kappa shape index (κ1) is 24.3.